The molecule has 0 saturated heterocycles. The molecule has 0 aromatic heterocycles. The Balaban J connectivity index is 1.84. The molecule has 0 heterocycles. The molecule has 0 fully saturated rings. The number of benzene rings is 2. The van der Waals surface area contributed by atoms with Crippen LogP contribution in [0.15, 0.2) is 53.4 Å². The minimum absolute atomic E-state index is 0.0529. The van der Waals surface area contributed by atoms with Gasteiger partial charge in [-0.05, 0) is 30.3 Å². The van der Waals surface area contributed by atoms with Gasteiger partial charge in [-0.3, -0.25) is 9.59 Å². The van der Waals surface area contributed by atoms with Crippen molar-refractivity contribution in [2.75, 3.05) is 24.7 Å². The van der Waals surface area contributed by atoms with Crippen LogP contribution in [0, 0.1) is 18.2 Å². The van der Waals surface area contributed by atoms with Crippen LogP contribution in [-0.4, -0.2) is 36.1 Å². The largest absolute Gasteiger partial charge is 0.336 e. The number of likely N-dealkylation sites (N-methyl/N-ethyl adjacent to an activating group) is 1. The fraction of sp³-hybridized carbons (Fsp3) is 0.158. The maximum Gasteiger partial charge on any atom is 0.243 e. The molecular weight excluding hydrogens is 339 g/mol. The first-order chi connectivity index (χ1) is 12.0. The van der Waals surface area contributed by atoms with Crippen LogP contribution in [0.5, 0.6) is 0 Å². The molecule has 4 nitrogen and oxygen atoms in total. The van der Waals surface area contributed by atoms with E-state index < -0.39 is 0 Å². The molecule has 2 amide bonds. The average molecular weight is 356 g/mol. The van der Waals surface area contributed by atoms with Crippen LogP contribution < -0.4 is 5.32 Å². The van der Waals surface area contributed by atoms with E-state index in [1.165, 1.54) is 18.0 Å². The molecule has 0 aliphatic heterocycles. The van der Waals surface area contributed by atoms with Crippen LogP contribution in [0.3, 0.4) is 0 Å². The van der Waals surface area contributed by atoms with Crippen molar-refractivity contribution >= 4 is 29.3 Å². The molecule has 0 radical (unpaired) electrons. The Morgan fingerprint density at radius 3 is 2.72 bits per heavy atom. The summed E-state index contributed by atoms with van der Waals surface area (Å²) in [5, 5.41) is 2.69. The first kappa shape index (κ1) is 18.6. The summed E-state index contributed by atoms with van der Waals surface area (Å²) >= 11 is 1.10. The van der Waals surface area contributed by atoms with Crippen LogP contribution in [-0.2, 0) is 9.59 Å². The van der Waals surface area contributed by atoms with Gasteiger partial charge in [-0.15, -0.1) is 18.2 Å². The number of hydrogen-bond donors (Lipinski definition) is 1. The maximum atomic E-state index is 13.5. The van der Waals surface area contributed by atoms with Crippen molar-refractivity contribution in [3.8, 4) is 12.3 Å². The summed E-state index contributed by atoms with van der Waals surface area (Å²) in [6, 6.07) is 13.1. The maximum absolute atomic E-state index is 13.5. The lowest BCUT2D eigenvalue weighted by Crippen LogP contribution is -2.35. The lowest BCUT2D eigenvalue weighted by atomic mass is 10.2. The number of nitrogens with one attached hydrogen (secondary N) is 1. The molecule has 128 valence electrons. The van der Waals surface area contributed by atoms with Gasteiger partial charge < -0.3 is 10.2 Å². The van der Waals surface area contributed by atoms with Crippen molar-refractivity contribution in [2.24, 2.45) is 0 Å². The molecule has 0 unspecified atom stereocenters. The zero-order valence-corrected chi connectivity index (χ0v) is 14.5. The SMILES string of the molecule is C#Cc1cccc(NC(=O)CN(C)C(=O)CSc2ccccc2F)c1. The van der Waals surface area contributed by atoms with Crippen LogP contribution in [0.2, 0.25) is 0 Å². The zero-order valence-electron chi connectivity index (χ0n) is 13.7. The molecule has 2 aromatic rings. The summed E-state index contributed by atoms with van der Waals surface area (Å²) in [5.41, 5.74) is 1.23. The molecule has 0 aliphatic carbocycles. The van der Waals surface area contributed by atoms with Crippen LogP contribution in [0.4, 0.5) is 10.1 Å². The summed E-state index contributed by atoms with van der Waals surface area (Å²) in [7, 11) is 1.53. The minimum atomic E-state index is -0.367. The van der Waals surface area contributed by atoms with Gasteiger partial charge >= 0.3 is 0 Å². The molecule has 0 spiro atoms. The van der Waals surface area contributed by atoms with Crippen molar-refractivity contribution in [2.45, 2.75) is 4.90 Å². The number of thioether (sulfide) groups is 1. The van der Waals surface area contributed by atoms with Gasteiger partial charge in [-0.1, -0.05) is 24.1 Å². The highest BCUT2D eigenvalue weighted by atomic mass is 32.2. The predicted octanol–water partition coefficient (Wildman–Crippen LogP) is 3.00. The van der Waals surface area contributed by atoms with E-state index in [0.29, 0.717) is 16.1 Å². The number of hydrogen-bond acceptors (Lipinski definition) is 3. The second-order valence-corrected chi connectivity index (χ2v) is 6.26. The normalized spacial score (nSPS) is 9.96. The highest BCUT2D eigenvalue weighted by Gasteiger charge is 2.14. The number of nitrogens with zero attached hydrogens (tertiary/aromatic N) is 1. The van der Waals surface area contributed by atoms with E-state index >= 15 is 0 Å². The Hall–Kier alpha value is -2.78. The van der Waals surface area contributed by atoms with Gasteiger partial charge in [0.1, 0.15) is 5.82 Å². The van der Waals surface area contributed by atoms with Crippen molar-refractivity contribution < 1.29 is 14.0 Å². The highest BCUT2D eigenvalue weighted by Crippen LogP contribution is 2.21. The fourth-order valence-electron chi connectivity index (χ4n) is 2.00. The monoisotopic (exact) mass is 356 g/mol. The number of terminal acetylenes is 1. The van der Waals surface area contributed by atoms with Gasteiger partial charge in [0, 0.05) is 23.2 Å². The Labute approximate surface area is 150 Å². The number of halogens is 1. The third-order valence-electron chi connectivity index (χ3n) is 3.31. The molecule has 6 heteroatoms. The van der Waals surface area contributed by atoms with Crippen molar-refractivity contribution in [1.82, 2.24) is 4.90 Å². The first-order valence-corrected chi connectivity index (χ1v) is 8.46. The highest BCUT2D eigenvalue weighted by molar-refractivity contribution is 8.00. The molecule has 0 bridgehead atoms. The smallest absolute Gasteiger partial charge is 0.243 e. The fourth-order valence-corrected chi connectivity index (χ4v) is 2.88. The molecule has 2 aromatic carbocycles. The van der Waals surface area contributed by atoms with Gasteiger partial charge in [0.25, 0.3) is 0 Å². The summed E-state index contributed by atoms with van der Waals surface area (Å²) in [5.74, 6) is 1.58. The predicted molar refractivity (Wildman–Crippen MR) is 97.8 cm³/mol. The van der Waals surface area contributed by atoms with Crippen LogP contribution in [0.25, 0.3) is 0 Å². The van der Waals surface area contributed by atoms with Crippen molar-refractivity contribution in [3.05, 3.63) is 59.9 Å². The van der Waals surface area contributed by atoms with E-state index in [1.54, 1.807) is 42.5 Å². The van der Waals surface area contributed by atoms with Gasteiger partial charge in [0.15, 0.2) is 0 Å². The van der Waals surface area contributed by atoms with Gasteiger partial charge in [0.2, 0.25) is 11.8 Å². The molecule has 1 N–H and O–H groups in total. The van der Waals surface area contributed by atoms with Gasteiger partial charge in [0.05, 0.1) is 12.3 Å². The second kappa shape index (κ2) is 8.90. The molecule has 0 atom stereocenters. The minimum Gasteiger partial charge on any atom is -0.336 e. The Morgan fingerprint density at radius 1 is 1.24 bits per heavy atom. The molecule has 0 aliphatic rings. The van der Waals surface area contributed by atoms with Crippen molar-refractivity contribution in [3.63, 3.8) is 0 Å². The third-order valence-corrected chi connectivity index (χ3v) is 4.34. The quantitative estimate of drug-likeness (QED) is 0.639. The first-order valence-electron chi connectivity index (χ1n) is 7.47. The molecule has 0 saturated carbocycles. The third kappa shape index (κ3) is 5.66. The molecule has 25 heavy (non-hydrogen) atoms. The summed E-state index contributed by atoms with van der Waals surface area (Å²) in [6.45, 7) is -0.100. The number of amides is 2. The van der Waals surface area contributed by atoms with E-state index in [9.17, 15) is 14.0 Å². The number of rotatable bonds is 6. The van der Waals surface area contributed by atoms with Gasteiger partial charge in [-0.2, -0.15) is 0 Å². The summed E-state index contributed by atoms with van der Waals surface area (Å²) in [4.78, 5) is 25.8. The lowest BCUT2D eigenvalue weighted by Gasteiger charge is -2.16. The topological polar surface area (TPSA) is 49.4 Å². The summed E-state index contributed by atoms with van der Waals surface area (Å²) < 4.78 is 13.5. The Kier molecular flexibility index (Phi) is 6.61. The Bertz CT molecular complexity index is 817. The standard InChI is InChI=1S/C19H17FN2O2S/c1-3-14-7-6-8-15(11-14)21-18(23)12-22(2)19(24)13-25-17-10-5-4-9-16(17)20/h1,4-11H,12-13H2,2H3,(H,21,23). The molecular formula is C19H17FN2O2S. The van der Waals surface area contributed by atoms with Gasteiger partial charge in [-0.25, -0.2) is 4.39 Å². The van der Waals surface area contributed by atoms with E-state index in [4.69, 9.17) is 6.42 Å². The number of anilines is 1. The molecule has 2 rings (SSSR count). The van der Waals surface area contributed by atoms with Crippen LogP contribution >= 0.6 is 11.8 Å². The van der Waals surface area contributed by atoms with E-state index in [-0.39, 0.29) is 29.9 Å². The van der Waals surface area contributed by atoms with E-state index in [0.717, 1.165) is 11.8 Å². The Morgan fingerprint density at radius 2 is 2.00 bits per heavy atom. The summed E-state index contributed by atoms with van der Waals surface area (Å²) in [6.07, 6.45) is 5.32. The van der Waals surface area contributed by atoms with E-state index in [1.807, 2.05) is 0 Å². The number of carbonyl (C=O) groups excluding carboxylic acids is 2. The van der Waals surface area contributed by atoms with E-state index in [2.05, 4.69) is 11.2 Å². The average Bonchev–Trinajstić information content (AvgIpc) is 2.60. The van der Waals surface area contributed by atoms with Crippen LogP contribution in [0.1, 0.15) is 5.56 Å². The lowest BCUT2D eigenvalue weighted by molar-refractivity contribution is -0.131. The van der Waals surface area contributed by atoms with Crippen molar-refractivity contribution in [1.29, 1.82) is 0 Å². The second-order valence-electron chi connectivity index (χ2n) is 5.24. The zero-order chi connectivity index (χ0) is 18.2. The number of carbonyl (C=O) groups is 2.